The van der Waals surface area contributed by atoms with Gasteiger partial charge in [-0.3, -0.25) is 4.79 Å². The lowest BCUT2D eigenvalue weighted by Gasteiger charge is -2.14. The molecule has 0 saturated carbocycles. The topological polar surface area (TPSA) is 92.6 Å². The number of rotatable bonds is 8. The van der Waals surface area contributed by atoms with E-state index in [2.05, 4.69) is 16.7 Å². The number of carbonyl (C=O) groups is 1. The molecule has 136 valence electrons. The van der Waals surface area contributed by atoms with E-state index in [0.717, 1.165) is 0 Å². The second-order valence-electron chi connectivity index (χ2n) is 5.30. The van der Waals surface area contributed by atoms with Crippen LogP contribution in [0.2, 0.25) is 0 Å². The Morgan fingerprint density at radius 3 is 2.31 bits per heavy atom. The number of para-hydroxylation sites is 1. The second kappa shape index (κ2) is 9.18. The van der Waals surface area contributed by atoms with Crippen molar-refractivity contribution in [3.05, 3.63) is 42.0 Å². The van der Waals surface area contributed by atoms with E-state index >= 15 is 0 Å². The van der Waals surface area contributed by atoms with Gasteiger partial charge in [-0.1, -0.05) is 12.1 Å². The molecule has 0 aliphatic rings. The van der Waals surface area contributed by atoms with Crippen LogP contribution in [0.15, 0.2) is 36.4 Å². The first-order chi connectivity index (χ1) is 12.6. The highest BCUT2D eigenvalue weighted by molar-refractivity contribution is 5.91. The Hall–Kier alpha value is -3.40. The maximum absolute atomic E-state index is 12.2. The average molecular weight is 355 g/mol. The van der Waals surface area contributed by atoms with Crippen LogP contribution < -0.4 is 24.8 Å². The molecule has 26 heavy (non-hydrogen) atoms. The smallest absolute Gasteiger partial charge is 0.226 e. The third-order valence-electron chi connectivity index (χ3n) is 3.66. The summed E-state index contributed by atoms with van der Waals surface area (Å²) in [5, 5.41) is 14.9. The van der Waals surface area contributed by atoms with Crippen LogP contribution in [0.3, 0.4) is 0 Å². The fourth-order valence-corrected chi connectivity index (χ4v) is 2.42. The van der Waals surface area contributed by atoms with Gasteiger partial charge in [0.05, 0.1) is 32.6 Å². The molecule has 7 nitrogen and oxygen atoms in total. The molecule has 2 aromatic rings. The molecular weight excluding hydrogens is 334 g/mol. The van der Waals surface area contributed by atoms with Gasteiger partial charge >= 0.3 is 0 Å². The van der Waals surface area contributed by atoms with Crippen LogP contribution in [0, 0.1) is 11.3 Å². The van der Waals surface area contributed by atoms with Crippen molar-refractivity contribution in [3.63, 3.8) is 0 Å². The number of benzene rings is 2. The highest BCUT2D eigenvalue weighted by Crippen LogP contribution is 2.39. The van der Waals surface area contributed by atoms with Crippen molar-refractivity contribution in [1.29, 1.82) is 5.26 Å². The predicted octanol–water partition coefficient (Wildman–Crippen LogP) is 3.02. The van der Waals surface area contributed by atoms with E-state index in [1.165, 1.54) is 21.3 Å². The molecule has 0 atom stereocenters. The van der Waals surface area contributed by atoms with E-state index in [0.29, 0.717) is 40.7 Å². The largest absolute Gasteiger partial charge is 0.493 e. The zero-order valence-corrected chi connectivity index (χ0v) is 15.0. The Labute approximate surface area is 152 Å². The maximum atomic E-state index is 12.2. The number of nitriles is 1. The number of nitrogens with one attached hydrogen (secondary N) is 2. The fraction of sp³-hybridized carbons (Fsp3) is 0.263. The van der Waals surface area contributed by atoms with Crippen molar-refractivity contribution in [1.82, 2.24) is 0 Å². The molecule has 0 unspecified atom stereocenters. The number of anilines is 2. The Morgan fingerprint density at radius 1 is 1.08 bits per heavy atom. The third-order valence-corrected chi connectivity index (χ3v) is 3.66. The maximum Gasteiger partial charge on any atom is 0.226 e. The number of ether oxygens (including phenoxy) is 3. The van der Waals surface area contributed by atoms with Gasteiger partial charge in [0.2, 0.25) is 11.7 Å². The molecule has 7 heteroatoms. The van der Waals surface area contributed by atoms with E-state index in [9.17, 15) is 4.79 Å². The minimum Gasteiger partial charge on any atom is -0.493 e. The summed E-state index contributed by atoms with van der Waals surface area (Å²) in [4.78, 5) is 12.2. The Kier molecular flexibility index (Phi) is 6.68. The normalized spacial score (nSPS) is 9.77. The quantitative estimate of drug-likeness (QED) is 0.756. The minimum absolute atomic E-state index is 0.179. The van der Waals surface area contributed by atoms with Gasteiger partial charge in [-0.15, -0.1) is 0 Å². The van der Waals surface area contributed by atoms with Crippen molar-refractivity contribution >= 4 is 17.3 Å². The SMILES string of the molecule is COc1cc(NC(=O)CCNc2ccccc2C#N)cc(OC)c1OC. The van der Waals surface area contributed by atoms with Gasteiger partial charge < -0.3 is 24.8 Å². The molecule has 0 aliphatic heterocycles. The summed E-state index contributed by atoms with van der Waals surface area (Å²) in [6.07, 6.45) is 0.233. The molecule has 2 N–H and O–H groups in total. The highest BCUT2D eigenvalue weighted by atomic mass is 16.5. The van der Waals surface area contributed by atoms with Gasteiger partial charge in [0.15, 0.2) is 11.5 Å². The zero-order chi connectivity index (χ0) is 18.9. The molecule has 2 rings (SSSR count). The van der Waals surface area contributed by atoms with Crippen LogP contribution in [-0.4, -0.2) is 33.8 Å². The molecule has 0 spiro atoms. The lowest BCUT2D eigenvalue weighted by Crippen LogP contribution is -2.16. The summed E-state index contributed by atoms with van der Waals surface area (Å²) < 4.78 is 15.8. The number of methoxy groups -OCH3 is 3. The van der Waals surface area contributed by atoms with Crippen LogP contribution in [-0.2, 0) is 4.79 Å². The minimum atomic E-state index is -0.179. The van der Waals surface area contributed by atoms with Gasteiger partial charge in [-0.25, -0.2) is 0 Å². The lowest BCUT2D eigenvalue weighted by molar-refractivity contribution is -0.115. The molecule has 0 aromatic heterocycles. The van der Waals surface area contributed by atoms with Gasteiger partial charge in [0.1, 0.15) is 6.07 Å². The van der Waals surface area contributed by atoms with E-state index in [-0.39, 0.29) is 12.3 Å². The third kappa shape index (κ3) is 4.57. The van der Waals surface area contributed by atoms with Gasteiger partial charge in [0.25, 0.3) is 0 Å². The van der Waals surface area contributed by atoms with Crippen LogP contribution in [0.1, 0.15) is 12.0 Å². The van der Waals surface area contributed by atoms with Crippen molar-refractivity contribution < 1.29 is 19.0 Å². The van der Waals surface area contributed by atoms with Crippen molar-refractivity contribution in [2.24, 2.45) is 0 Å². The van der Waals surface area contributed by atoms with Crippen LogP contribution in [0.25, 0.3) is 0 Å². The fourth-order valence-electron chi connectivity index (χ4n) is 2.42. The molecule has 2 aromatic carbocycles. The lowest BCUT2D eigenvalue weighted by atomic mass is 10.2. The molecule has 0 heterocycles. The number of hydrogen-bond donors (Lipinski definition) is 2. The Morgan fingerprint density at radius 2 is 1.73 bits per heavy atom. The molecule has 0 saturated heterocycles. The van der Waals surface area contributed by atoms with Crippen molar-refractivity contribution in [3.8, 4) is 23.3 Å². The highest BCUT2D eigenvalue weighted by Gasteiger charge is 2.14. The molecule has 0 radical (unpaired) electrons. The summed E-state index contributed by atoms with van der Waals surface area (Å²) in [7, 11) is 4.54. The van der Waals surface area contributed by atoms with E-state index in [1.54, 1.807) is 30.3 Å². The van der Waals surface area contributed by atoms with Crippen LogP contribution in [0.4, 0.5) is 11.4 Å². The summed E-state index contributed by atoms with van der Waals surface area (Å²) in [6, 6.07) is 12.6. The number of carbonyl (C=O) groups excluding carboxylic acids is 1. The summed E-state index contributed by atoms with van der Waals surface area (Å²) in [6.45, 7) is 0.398. The number of nitrogens with zero attached hydrogens (tertiary/aromatic N) is 1. The van der Waals surface area contributed by atoms with E-state index in [1.807, 2.05) is 6.07 Å². The predicted molar refractivity (Wildman–Crippen MR) is 99.0 cm³/mol. The molecule has 1 amide bonds. The van der Waals surface area contributed by atoms with Crippen molar-refractivity contribution in [2.45, 2.75) is 6.42 Å². The van der Waals surface area contributed by atoms with Gasteiger partial charge in [-0.2, -0.15) is 5.26 Å². The second-order valence-corrected chi connectivity index (χ2v) is 5.30. The molecule has 0 fully saturated rings. The summed E-state index contributed by atoms with van der Waals surface area (Å²) in [5.74, 6) is 1.20. The van der Waals surface area contributed by atoms with E-state index in [4.69, 9.17) is 19.5 Å². The average Bonchev–Trinajstić information content (AvgIpc) is 2.67. The molecular formula is C19H21N3O4. The summed E-state index contributed by atoms with van der Waals surface area (Å²) >= 11 is 0. The van der Waals surface area contributed by atoms with Crippen molar-refractivity contribution in [2.75, 3.05) is 38.5 Å². The van der Waals surface area contributed by atoms with Gasteiger partial charge in [-0.05, 0) is 12.1 Å². The van der Waals surface area contributed by atoms with Gasteiger partial charge in [0, 0.05) is 30.8 Å². The van der Waals surface area contributed by atoms with E-state index < -0.39 is 0 Å². The monoisotopic (exact) mass is 355 g/mol. The first-order valence-electron chi connectivity index (χ1n) is 7.95. The number of amides is 1. The first kappa shape index (κ1) is 18.9. The summed E-state index contributed by atoms with van der Waals surface area (Å²) in [5.41, 5.74) is 1.79. The van der Waals surface area contributed by atoms with Crippen LogP contribution >= 0.6 is 0 Å². The van der Waals surface area contributed by atoms with Crippen LogP contribution in [0.5, 0.6) is 17.2 Å². The molecule has 0 aliphatic carbocycles. The Balaban J connectivity index is 1.98. The number of hydrogen-bond acceptors (Lipinski definition) is 6. The zero-order valence-electron chi connectivity index (χ0n) is 15.0. The molecule has 0 bridgehead atoms. The Bertz CT molecular complexity index is 790. The first-order valence-corrected chi connectivity index (χ1v) is 7.95. The standard InChI is InChI=1S/C19H21N3O4/c1-24-16-10-14(11-17(25-2)19(16)26-3)22-18(23)8-9-21-15-7-5-4-6-13(15)12-20/h4-7,10-11,21H,8-9H2,1-3H3,(H,22,23).